The van der Waals surface area contributed by atoms with E-state index in [-0.39, 0.29) is 0 Å². The molecule has 3 heteroatoms. The van der Waals surface area contributed by atoms with E-state index in [1.165, 1.54) is 6.20 Å². The van der Waals surface area contributed by atoms with Crippen LogP contribution in [0.15, 0.2) is 16.2 Å². The number of aliphatic imine (C=N–C) groups is 1. The van der Waals surface area contributed by atoms with Crippen LogP contribution in [0.25, 0.3) is 0 Å². The number of rotatable bonds is 2. The van der Waals surface area contributed by atoms with Crippen molar-refractivity contribution in [3.8, 4) is 0 Å². The Morgan fingerprint density at radius 2 is 2.10 bits per heavy atom. The summed E-state index contributed by atoms with van der Waals surface area (Å²) in [6, 6.07) is 0. The molecule has 0 amide bonds. The Morgan fingerprint density at radius 3 is 2.20 bits per heavy atom. The first-order chi connectivity index (χ1) is 4.63. The van der Waals surface area contributed by atoms with Crippen molar-refractivity contribution in [1.29, 1.82) is 0 Å². The number of allylic oxidation sites excluding steroid dienone is 1. The van der Waals surface area contributed by atoms with Gasteiger partial charge in [0.1, 0.15) is 0 Å². The first-order valence-corrected chi connectivity index (χ1v) is 3.55. The summed E-state index contributed by atoms with van der Waals surface area (Å²) in [4.78, 5) is 3.99. The van der Waals surface area contributed by atoms with E-state index in [2.05, 4.69) is 4.99 Å². The van der Waals surface area contributed by atoms with E-state index in [4.69, 9.17) is 17.3 Å². The van der Waals surface area contributed by atoms with Gasteiger partial charge in [0, 0.05) is 13.2 Å². The van der Waals surface area contributed by atoms with Crippen molar-refractivity contribution in [2.75, 3.05) is 7.05 Å². The molecular weight excluding hydrogens is 148 g/mol. The summed E-state index contributed by atoms with van der Waals surface area (Å²) < 4.78 is 0. The molecule has 0 aliphatic heterocycles. The average molecular weight is 161 g/mol. The van der Waals surface area contributed by atoms with E-state index < -0.39 is 0 Å². The van der Waals surface area contributed by atoms with E-state index >= 15 is 0 Å². The normalized spacial score (nSPS) is 14.5. The highest BCUT2D eigenvalue weighted by Crippen LogP contribution is 2.10. The topological polar surface area (TPSA) is 38.4 Å². The third kappa shape index (κ3) is 2.40. The molecule has 0 spiro atoms. The third-order valence-electron chi connectivity index (χ3n) is 1.18. The molecule has 0 fully saturated rings. The van der Waals surface area contributed by atoms with Crippen LogP contribution < -0.4 is 5.73 Å². The molecule has 0 aliphatic carbocycles. The van der Waals surface area contributed by atoms with Crippen LogP contribution in [0.5, 0.6) is 0 Å². The fourth-order valence-corrected chi connectivity index (χ4v) is 1.03. The number of hydrogen-bond donors (Lipinski definition) is 1. The van der Waals surface area contributed by atoms with Gasteiger partial charge in [-0.1, -0.05) is 25.4 Å². The van der Waals surface area contributed by atoms with Gasteiger partial charge in [-0.15, -0.1) is 0 Å². The Hall–Kier alpha value is -0.500. The van der Waals surface area contributed by atoms with E-state index in [0.29, 0.717) is 11.0 Å². The minimum Gasteiger partial charge on any atom is -0.403 e. The second-order valence-corrected chi connectivity index (χ2v) is 2.69. The lowest BCUT2D eigenvalue weighted by atomic mass is 10.1. The molecule has 0 bridgehead atoms. The first kappa shape index (κ1) is 9.50. The molecule has 0 aromatic heterocycles. The van der Waals surface area contributed by atoms with Crippen molar-refractivity contribution in [2.45, 2.75) is 13.8 Å². The molecule has 0 saturated heterocycles. The van der Waals surface area contributed by atoms with Crippen LogP contribution in [0.1, 0.15) is 13.8 Å². The SMILES string of the molecule is CN=C(C(Cl)=CN)C(C)C. The summed E-state index contributed by atoms with van der Waals surface area (Å²) in [5, 5.41) is 0.539. The molecule has 0 aliphatic rings. The van der Waals surface area contributed by atoms with Gasteiger partial charge >= 0.3 is 0 Å². The monoisotopic (exact) mass is 160 g/mol. The second-order valence-electron chi connectivity index (χ2n) is 2.28. The number of halogens is 1. The highest BCUT2D eigenvalue weighted by molar-refractivity contribution is 6.43. The van der Waals surface area contributed by atoms with E-state index in [1.807, 2.05) is 13.8 Å². The molecule has 0 saturated carbocycles. The van der Waals surface area contributed by atoms with Gasteiger partial charge < -0.3 is 5.73 Å². The fourth-order valence-electron chi connectivity index (χ4n) is 0.726. The highest BCUT2D eigenvalue weighted by atomic mass is 35.5. The van der Waals surface area contributed by atoms with E-state index in [9.17, 15) is 0 Å². The van der Waals surface area contributed by atoms with Gasteiger partial charge in [-0.2, -0.15) is 0 Å². The summed E-state index contributed by atoms with van der Waals surface area (Å²) in [6.45, 7) is 4.04. The Bertz CT molecular complexity index is 159. The molecule has 0 aromatic carbocycles. The maximum Gasteiger partial charge on any atom is 0.0773 e. The van der Waals surface area contributed by atoms with Crippen LogP contribution in [-0.2, 0) is 0 Å². The Labute approximate surface area is 66.8 Å². The minimum absolute atomic E-state index is 0.331. The number of hydrogen-bond acceptors (Lipinski definition) is 2. The molecule has 0 radical (unpaired) electrons. The Morgan fingerprint density at radius 1 is 1.60 bits per heavy atom. The lowest BCUT2D eigenvalue weighted by molar-refractivity contribution is 0.884. The van der Waals surface area contributed by atoms with E-state index in [0.717, 1.165) is 5.71 Å². The summed E-state index contributed by atoms with van der Waals surface area (Å²) in [6.07, 6.45) is 1.36. The summed E-state index contributed by atoms with van der Waals surface area (Å²) >= 11 is 5.73. The summed E-state index contributed by atoms with van der Waals surface area (Å²) in [7, 11) is 1.71. The summed E-state index contributed by atoms with van der Waals surface area (Å²) in [5.41, 5.74) is 6.06. The zero-order valence-corrected chi connectivity index (χ0v) is 7.31. The molecule has 10 heavy (non-hydrogen) atoms. The molecule has 0 unspecified atom stereocenters. The van der Waals surface area contributed by atoms with Crippen LogP contribution >= 0.6 is 11.6 Å². The van der Waals surface area contributed by atoms with Crippen LogP contribution in [0.3, 0.4) is 0 Å². The predicted molar refractivity (Wildman–Crippen MR) is 46.3 cm³/mol. The van der Waals surface area contributed by atoms with Crippen molar-refractivity contribution < 1.29 is 0 Å². The molecule has 2 N–H and O–H groups in total. The Balaban J connectivity index is 4.39. The lowest BCUT2D eigenvalue weighted by Gasteiger charge is -2.06. The van der Waals surface area contributed by atoms with Crippen LogP contribution in [0.2, 0.25) is 0 Å². The minimum atomic E-state index is 0.331. The van der Waals surface area contributed by atoms with Crippen LogP contribution in [-0.4, -0.2) is 12.8 Å². The summed E-state index contributed by atoms with van der Waals surface area (Å²) in [5.74, 6) is 0.331. The zero-order valence-electron chi connectivity index (χ0n) is 6.56. The van der Waals surface area contributed by atoms with Gasteiger partial charge in [0.15, 0.2) is 0 Å². The number of nitrogens with two attached hydrogens (primary N) is 1. The number of nitrogens with zero attached hydrogens (tertiary/aromatic N) is 1. The van der Waals surface area contributed by atoms with Gasteiger partial charge in [0.05, 0.1) is 10.7 Å². The standard InChI is InChI=1S/C7H13ClN2/c1-5(2)7(10-3)6(8)4-9/h4-5H,9H2,1-3H3. The molecule has 0 aromatic rings. The maximum absolute atomic E-state index is 5.73. The van der Waals surface area contributed by atoms with Gasteiger partial charge in [-0.3, -0.25) is 4.99 Å². The second kappa shape index (κ2) is 4.34. The fraction of sp³-hybridized carbons (Fsp3) is 0.571. The quantitative estimate of drug-likeness (QED) is 0.615. The molecule has 2 nitrogen and oxygen atoms in total. The third-order valence-corrected chi connectivity index (χ3v) is 1.50. The van der Waals surface area contributed by atoms with Crippen molar-refractivity contribution in [3.63, 3.8) is 0 Å². The smallest absolute Gasteiger partial charge is 0.0773 e. The molecule has 58 valence electrons. The van der Waals surface area contributed by atoms with Crippen molar-refractivity contribution in [3.05, 3.63) is 11.2 Å². The van der Waals surface area contributed by atoms with Crippen molar-refractivity contribution in [1.82, 2.24) is 0 Å². The highest BCUT2D eigenvalue weighted by Gasteiger charge is 2.06. The van der Waals surface area contributed by atoms with Crippen molar-refractivity contribution in [2.24, 2.45) is 16.6 Å². The van der Waals surface area contributed by atoms with Gasteiger partial charge in [0.2, 0.25) is 0 Å². The lowest BCUT2D eigenvalue weighted by Crippen LogP contribution is -2.08. The van der Waals surface area contributed by atoms with Gasteiger partial charge in [-0.05, 0) is 5.92 Å². The average Bonchev–Trinajstić information content (AvgIpc) is 1.88. The zero-order chi connectivity index (χ0) is 8.15. The predicted octanol–water partition coefficient (Wildman–Crippen LogP) is 1.75. The molecule has 0 atom stereocenters. The van der Waals surface area contributed by atoms with Gasteiger partial charge in [0.25, 0.3) is 0 Å². The van der Waals surface area contributed by atoms with Crippen molar-refractivity contribution >= 4 is 17.3 Å². The maximum atomic E-state index is 5.73. The largest absolute Gasteiger partial charge is 0.403 e. The first-order valence-electron chi connectivity index (χ1n) is 3.18. The van der Waals surface area contributed by atoms with Gasteiger partial charge in [-0.25, -0.2) is 0 Å². The van der Waals surface area contributed by atoms with Crippen LogP contribution in [0, 0.1) is 5.92 Å². The van der Waals surface area contributed by atoms with E-state index in [1.54, 1.807) is 7.05 Å². The molecule has 0 heterocycles. The molecule has 0 rings (SSSR count). The van der Waals surface area contributed by atoms with Crippen LogP contribution in [0.4, 0.5) is 0 Å². The Kier molecular flexibility index (Phi) is 4.12. The molecular formula is C7H13ClN2.